The molecule has 1 saturated carbocycles. The van der Waals surface area contributed by atoms with Gasteiger partial charge in [0.25, 0.3) is 0 Å². The highest BCUT2D eigenvalue weighted by atomic mass is 16.1. The molecule has 1 nitrogen and oxygen atoms in total. The van der Waals surface area contributed by atoms with Crippen LogP contribution >= 0.6 is 0 Å². The van der Waals surface area contributed by atoms with Crippen LogP contribution in [0.2, 0.25) is 0 Å². The minimum Gasteiger partial charge on any atom is -0.300 e. The molecular formula is C13H18O. The van der Waals surface area contributed by atoms with Crippen LogP contribution in [0.5, 0.6) is 0 Å². The first kappa shape index (κ1) is 9.70. The number of Topliss-reactive ketones (excluding diaryl/α,β-unsaturated/α-hetero) is 1. The van der Waals surface area contributed by atoms with Crippen LogP contribution in [-0.2, 0) is 4.79 Å². The second-order valence-corrected chi connectivity index (χ2v) is 5.02. The molecule has 0 aromatic rings. The maximum atomic E-state index is 11.6. The van der Waals surface area contributed by atoms with Crippen LogP contribution in [0.3, 0.4) is 0 Å². The van der Waals surface area contributed by atoms with Gasteiger partial charge in [-0.25, -0.2) is 0 Å². The van der Waals surface area contributed by atoms with Crippen LogP contribution in [0.15, 0.2) is 24.8 Å². The number of hydrogen-bond acceptors (Lipinski definition) is 1. The van der Waals surface area contributed by atoms with Crippen molar-refractivity contribution in [3.05, 3.63) is 24.8 Å². The molecule has 0 aliphatic heterocycles. The molecule has 76 valence electrons. The van der Waals surface area contributed by atoms with E-state index >= 15 is 0 Å². The molecule has 0 aromatic heterocycles. The summed E-state index contributed by atoms with van der Waals surface area (Å²) in [6, 6.07) is 0. The van der Waals surface area contributed by atoms with Gasteiger partial charge in [0.15, 0.2) is 0 Å². The maximum absolute atomic E-state index is 11.6. The van der Waals surface area contributed by atoms with Crippen LogP contribution < -0.4 is 0 Å². The number of fused-ring (bicyclic) bond motifs is 1. The fourth-order valence-electron chi connectivity index (χ4n) is 2.98. The highest BCUT2D eigenvalue weighted by Gasteiger charge is 2.49. The smallest absolute Gasteiger partial charge is 0.133 e. The summed E-state index contributed by atoms with van der Waals surface area (Å²) in [6.45, 7) is 6.26. The highest BCUT2D eigenvalue weighted by Crippen LogP contribution is 2.56. The Morgan fingerprint density at radius 3 is 2.86 bits per heavy atom. The highest BCUT2D eigenvalue weighted by molar-refractivity contribution is 5.80. The van der Waals surface area contributed by atoms with Crippen molar-refractivity contribution in [3.63, 3.8) is 0 Å². The molecule has 0 heterocycles. The fraction of sp³-hybridized carbons (Fsp3) is 0.615. The average molecular weight is 190 g/mol. The van der Waals surface area contributed by atoms with E-state index in [1.54, 1.807) is 0 Å². The molecule has 14 heavy (non-hydrogen) atoms. The van der Waals surface area contributed by atoms with Crippen molar-refractivity contribution >= 4 is 5.78 Å². The Morgan fingerprint density at radius 2 is 2.14 bits per heavy atom. The zero-order valence-corrected chi connectivity index (χ0v) is 8.88. The third-order valence-electron chi connectivity index (χ3n) is 4.28. The van der Waals surface area contributed by atoms with Gasteiger partial charge in [0.1, 0.15) is 5.78 Å². The Kier molecular flexibility index (Phi) is 2.13. The van der Waals surface area contributed by atoms with E-state index in [2.05, 4.69) is 25.7 Å². The summed E-state index contributed by atoms with van der Waals surface area (Å²) in [4.78, 5) is 11.6. The lowest BCUT2D eigenvalue weighted by molar-refractivity contribution is -0.128. The van der Waals surface area contributed by atoms with E-state index in [1.807, 2.05) is 6.08 Å². The first-order valence-corrected chi connectivity index (χ1v) is 5.42. The van der Waals surface area contributed by atoms with E-state index in [-0.39, 0.29) is 10.8 Å². The van der Waals surface area contributed by atoms with E-state index in [4.69, 9.17) is 0 Å². The first-order chi connectivity index (χ1) is 6.62. The number of carbonyl (C=O) groups is 1. The Hall–Kier alpha value is -0.850. The molecule has 0 saturated heterocycles. The number of carbonyl (C=O) groups excluding carboxylic acids is 1. The Balaban J connectivity index is 2.39. The van der Waals surface area contributed by atoms with Crippen LogP contribution in [0.4, 0.5) is 0 Å². The van der Waals surface area contributed by atoms with Crippen LogP contribution in [0, 0.1) is 10.8 Å². The molecule has 2 rings (SSSR count). The van der Waals surface area contributed by atoms with Crippen molar-refractivity contribution in [1.82, 2.24) is 0 Å². The van der Waals surface area contributed by atoms with Gasteiger partial charge in [-0.05, 0) is 24.7 Å². The van der Waals surface area contributed by atoms with Crippen molar-refractivity contribution in [2.75, 3.05) is 0 Å². The summed E-state index contributed by atoms with van der Waals surface area (Å²) in [5.74, 6) is 0.415. The molecule has 0 bridgehead atoms. The van der Waals surface area contributed by atoms with Crippen molar-refractivity contribution < 1.29 is 4.79 Å². The number of ketones is 1. The minimum atomic E-state index is 0.0527. The summed E-state index contributed by atoms with van der Waals surface area (Å²) in [6.07, 6.45) is 11.1. The lowest BCUT2D eigenvalue weighted by Gasteiger charge is -2.51. The second kappa shape index (κ2) is 3.08. The predicted molar refractivity (Wildman–Crippen MR) is 58.0 cm³/mol. The molecule has 0 radical (unpaired) electrons. The Bertz CT molecular complexity index is 302. The number of allylic oxidation sites excluding steroid dienone is 3. The van der Waals surface area contributed by atoms with Crippen LogP contribution in [0.25, 0.3) is 0 Å². The van der Waals surface area contributed by atoms with Gasteiger partial charge in [-0.1, -0.05) is 25.2 Å². The fourth-order valence-corrected chi connectivity index (χ4v) is 2.98. The first-order valence-electron chi connectivity index (χ1n) is 5.42. The minimum absolute atomic E-state index is 0.0527. The molecule has 0 unspecified atom stereocenters. The molecule has 0 amide bonds. The van der Waals surface area contributed by atoms with E-state index < -0.39 is 0 Å². The zero-order valence-electron chi connectivity index (χ0n) is 8.88. The summed E-state index contributed by atoms with van der Waals surface area (Å²) in [5, 5.41) is 0. The molecule has 1 fully saturated rings. The van der Waals surface area contributed by atoms with Crippen molar-refractivity contribution in [1.29, 1.82) is 0 Å². The standard InChI is InChI=1S/C13H18O/c1-3-13-8-5-4-7-12(13,2)9-6-11(14)10-13/h3-5H,1,6-10H2,2H3/t12-,13+/m0/s1. The SMILES string of the molecule is C=C[C@]12CC=CC[C@@]1(C)CCC(=O)C2. The third-order valence-corrected chi connectivity index (χ3v) is 4.28. The van der Waals surface area contributed by atoms with Gasteiger partial charge in [0.05, 0.1) is 0 Å². The largest absolute Gasteiger partial charge is 0.300 e. The van der Waals surface area contributed by atoms with Gasteiger partial charge < -0.3 is 0 Å². The van der Waals surface area contributed by atoms with Crippen LogP contribution in [0.1, 0.15) is 39.0 Å². The summed E-state index contributed by atoms with van der Waals surface area (Å²) in [7, 11) is 0. The molecule has 2 aliphatic rings. The van der Waals surface area contributed by atoms with Crippen molar-refractivity contribution in [2.24, 2.45) is 10.8 Å². The van der Waals surface area contributed by atoms with E-state index in [1.165, 1.54) is 0 Å². The predicted octanol–water partition coefficient (Wildman–Crippen LogP) is 3.27. The molecule has 2 aliphatic carbocycles. The number of rotatable bonds is 1. The monoisotopic (exact) mass is 190 g/mol. The molecular weight excluding hydrogens is 172 g/mol. The lowest BCUT2D eigenvalue weighted by Crippen LogP contribution is -2.45. The summed E-state index contributed by atoms with van der Waals surface area (Å²) >= 11 is 0. The summed E-state index contributed by atoms with van der Waals surface area (Å²) < 4.78 is 0. The van der Waals surface area contributed by atoms with Gasteiger partial charge >= 0.3 is 0 Å². The molecule has 2 atom stereocenters. The van der Waals surface area contributed by atoms with Crippen molar-refractivity contribution in [3.8, 4) is 0 Å². The Morgan fingerprint density at radius 1 is 1.43 bits per heavy atom. The van der Waals surface area contributed by atoms with Gasteiger partial charge in [0, 0.05) is 18.3 Å². The van der Waals surface area contributed by atoms with Crippen LogP contribution in [-0.4, -0.2) is 5.78 Å². The van der Waals surface area contributed by atoms with Gasteiger partial charge in [-0.2, -0.15) is 0 Å². The molecule has 0 N–H and O–H groups in total. The zero-order chi connectivity index (χ0) is 10.2. The second-order valence-electron chi connectivity index (χ2n) is 5.02. The number of hydrogen-bond donors (Lipinski definition) is 0. The Labute approximate surface area is 85.9 Å². The molecule has 0 aromatic carbocycles. The van der Waals surface area contributed by atoms with Gasteiger partial charge in [0.2, 0.25) is 0 Å². The third kappa shape index (κ3) is 1.18. The lowest BCUT2D eigenvalue weighted by atomic mass is 9.52. The van der Waals surface area contributed by atoms with Gasteiger partial charge in [-0.15, -0.1) is 6.58 Å². The topological polar surface area (TPSA) is 17.1 Å². The normalized spacial score (nSPS) is 41.9. The average Bonchev–Trinajstić information content (AvgIpc) is 2.19. The van der Waals surface area contributed by atoms with E-state index in [9.17, 15) is 4.79 Å². The molecule has 0 spiro atoms. The summed E-state index contributed by atoms with van der Waals surface area (Å²) in [5.41, 5.74) is 0.328. The van der Waals surface area contributed by atoms with Crippen molar-refractivity contribution in [2.45, 2.75) is 39.0 Å². The van der Waals surface area contributed by atoms with E-state index in [0.29, 0.717) is 12.2 Å². The maximum Gasteiger partial charge on any atom is 0.133 e. The van der Waals surface area contributed by atoms with Gasteiger partial charge in [-0.3, -0.25) is 4.79 Å². The molecule has 1 heteroatoms. The van der Waals surface area contributed by atoms with E-state index in [0.717, 1.165) is 25.7 Å². The quantitative estimate of drug-likeness (QED) is 0.580.